The van der Waals surface area contributed by atoms with Crippen molar-refractivity contribution < 1.29 is 4.39 Å². The van der Waals surface area contributed by atoms with Crippen molar-refractivity contribution >= 4 is 22.9 Å². The second-order valence-corrected chi connectivity index (χ2v) is 6.17. The van der Waals surface area contributed by atoms with E-state index in [1.54, 1.807) is 6.07 Å². The van der Waals surface area contributed by atoms with Gasteiger partial charge >= 0.3 is 0 Å². The molecule has 2 rings (SSSR count). The lowest BCUT2D eigenvalue weighted by molar-refractivity contribution is 0.278. The zero-order valence-electron chi connectivity index (χ0n) is 12.0. The van der Waals surface area contributed by atoms with Crippen molar-refractivity contribution in [2.75, 3.05) is 11.9 Å². The van der Waals surface area contributed by atoms with Crippen LogP contribution in [-0.2, 0) is 0 Å². The maximum atomic E-state index is 13.8. The van der Waals surface area contributed by atoms with Crippen molar-refractivity contribution in [1.82, 2.24) is 0 Å². The predicted octanol–water partition coefficient (Wildman–Crippen LogP) is 4.09. The fourth-order valence-electron chi connectivity index (χ4n) is 2.93. The Balaban J connectivity index is 1.85. The zero-order chi connectivity index (χ0) is 14.5. The monoisotopic (exact) mass is 294 g/mol. The first-order valence-corrected chi connectivity index (χ1v) is 7.84. The van der Waals surface area contributed by atoms with E-state index in [1.165, 1.54) is 38.2 Å². The average molecular weight is 294 g/mol. The number of nitrogens with two attached hydrogens (primary N) is 1. The van der Waals surface area contributed by atoms with Gasteiger partial charge in [-0.3, -0.25) is 0 Å². The average Bonchev–Trinajstić information content (AvgIpc) is 2.45. The van der Waals surface area contributed by atoms with Crippen LogP contribution in [-0.4, -0.2) is 11.5 Å². The van der Waals surface area contributed by atoms with Gasteiger partial charge in [-0.1, -0.05) is 38.4 Å². The van der Waals surface area contributed by atoms with Crippen molar-refractivity contribution in [2.24, 2.45) is 17.6 Å². The summed E-state index contributed by atoms with van der Waals surface area (Å²) in [7, 11) is 0. The van der Waals surface area contributed by atoms with Gasteiger partial charge in [0, 0.05) is 17.8 Å². The van der Waals surface area contributed by atoms with Gasteiger partial charge in [0.1, 0.15) is 10.8 Å². The van der Waals surface area contributed by atoms with Crippen molar-refractivity contribution in [3.63, 3.8) is 0 Å². The fraction of sp³-hybridized carbons (Fsp3) is 0.562. The number of thiocarbonyl (C=S) groups is 1. The first kappa shape index (κ1) is 15.2. The number of rotatable bonds is 5. The summed E-state index contributed by atoms with van der Waals surface area (Å²) >= 11 is 4.80. The van der Waals surface area contributed by atoms with Crippen LogP contribution in [0.2, 0.25) is 0 Å². The van der Waals surface area contributed by atoms with E-state index < -0.39 is 0 Å². The predicted molar refractivity (Wildman–Crippen MR) is 86.5 cm³/mol. The molecule has 0 amide bonds. The van der Waals surface area contributed by atoms with Gasteiger partial charge in [-0.25, -0.2) is 4.39 Å². The first-order chi connectivity index (χ1) is 9.60. The van der Waals surface area contributed by atoms with Crippen LogP contribution in [0, 0.1) is 17.7 Å². The number of halogens is 1. The molecule has 0 bridgehead atoms. The normalized spacial score (nSPS) is 22.5. The van der Waals surface area contributed by atoms with Crippen molar-refractivity contribution in [3.8, 4) is 0 Å². The standard InChI is InChI=1S/C16H23FN2S/c1-2-11-3-5-12(6-4-11)10-19-13-7-8-14(16(18)20)15(17)9-13/h7-9,11-12,19H,2-6,10H2,1H3,(H2,18,20). The fourth-order valence-corrected chi connectivity index (χ4v) is 3.10. The minimum absolute atomic E-state index is 0.104. The van der Waals surface area contributed by atoms with Crippen LogP contribution in [0.1, 0.15) is 44.6 Å². The first-order valence-electron chi connectivity index (χ1n) is 7.43. The summed E-state index contributed by atoms with van der Waals surface area (Å²) in [5.41, 5.74) is 6.57. The highest BCUT2D eigenvalue weighted by Gasteiger charge is 2.19. The smallest absolute Gasteiger partial charge is 0.135 e. The molecule has 110 valence electrons. The minimum atomic E-state index is -0.350. The molecule has 4 heteroatoms. The summed E-state index contributed by atoms with van der Waals surface area (Å²) in [4.78, 5) is 0.104. The third-order valence-corrected chi connectivity index (χ3v) is 4.59. The molecule has 0 unspecified atom stereocenters. The number of nitrogens with one attached hydrogen (secondary N) is 1. The zero-order valence-corrected chi connectivity index (χ0v) is 12.8. The van der Waals surface area contributed by atoms with E-state index in [0.717, 1.165) is 18.2 Å². The molecule has 0 heterocycles. The molecule has 0 spiro atoms. The van der Waals surface area contributed by atoms with E-state index in [0.29, 0.717) is 11.5 Å². The van der Waals surface area contributed by atoms with E-state index >= 15 is 0 Å². The minimum Gasteiger partial charge on any atom is -0.389 e. The Morgan fingerprint density at radius 3 is 2.50 bits per heavy atom. The van der Waals surface area contributed by atoms with Crippen molar-refractivity contribution in [3.05, 3.63) is 29.6 Å². The number of anilines is 1. The number of hydrogen-bond acceptors (Lipinski definition) is 2. The maximum Gasteiger partial charge on any atom is 0.135 e. The van der Waals surface area contributed by atoms with E-state index in [-0.39, 0.29) is 10.8 Å². The van der Waals surface area contributed by atoms with E-state index in [1.807, 2.05) is 6.07 Å². The second kappa shape index (κ2) is 7.02. The molecule has 3 N–H and O–H groups in total. The third kappa shape index (κ3) is 3.92. The molecular weight excluding hydrogens is 271 g/mol. The summed E-state index contributed by atoms with van der Waals surface area (Å²) in [5, 5.41) is 3.33. The number of benzene rings is 1. The lowest BCUT2D eigenvalue weighted by Crippen LogP contribution is -2.21. The lowest BCUT2D eigenvalue weighted by atomic mass is 9.81. The SMILES string of the molecule is CCC1CCC(CNc2ccc(C(N)=S)c(F)c2)CC1. The topological polar surface area (TPSA) is 38.0 Å². The molecule has 0 aliphatic heterocycles. The highest BCUT2D eigenvalue weighted by atomic mass is 32.1. The Morgan fingerprint density at radius 2 is 1.95 bits per heavy atom. The van der Waals surface area contributed by atoms with Crippen LogP contribution in [0.25, 0.3) is 0 Å². The molecule has 0 aromatic heterocycles. The molecule has 1 aromatic carbocycles. The van der Waals surface area contributed by atoms with E-state index in [9.17, 15) is 4.39 Å². The van der Waals surface area contributed by atoms with Gasteiger partial charge in [0.05, 0.1) is 0 Å². The maximum absolute atomic E-state index is 13.8. The van der Waals surface area contributed by atoms with Crippen molar-refractivity contribution in [2.45, 2.75) is 39.0 Å². The molecule has 1 aromatic rings. The number of hydrogen-bond donors (Lipinski definition) is 2. The summed E-state index contributed by atoms with van der Waals surface area (Å²) < 4.78 is 13.8. The van der Waals surface area contributed by atoms with Crippen LogP contribution in [0.15, 0.2) is 18.2 Å². The van der Waals surface area contributed by atoms with Gasteiger partial charge in [-0.05, 0) is 42.9 Å². The molecule has 1 aliphatic rings. The summed E-state index contributed by atoms with van der Waals surface area (Å²) in [6.07, 6.45) is 6.51. The van der Waals surface area contributed by atoms with Crippen LogP contribution < -0.4 is 11.1 Å². The lowest BCUT2D eigenvalue weighted by Gasteiger charge is -2.28. The highest BCUT2D eigenvalue weighted by molar-refractivity contribution is 7.80. The largest absolute Gasteiger partial charge is 0.389 e. The molecule has 1 aliphatic carbocycles. The Hall–Kier alpha value is -1.16. The Morgan fingerprint density at radius 1 is 1.30 bits per heavy atom. The van der Waals surface area contributed by atoms with Gasteiger partial charge in [-0.15, -0.1) is 0 Å². The van der Waals surface area contributed by atoms with Crippen LogP contribution >= 0.6 is 12.2 Å². The molecule has 1 fully saturated rings. The van der Waals surface area contributed by atoms with Gasteiger partial charge in [0.15, 0.2) is 0 Å². The van der Waals surface area contributed by atoms with Gasteiger partial charge in [0.2, 0.25) is 0 Å². The molecule has 1 saturated carbocycles. The van der Waals surface area contributed by atoms with Gasteiger partial charge in [-0.2, -0.15) is 0 Å². The molecule has 20 heavy (non-hydrogen) atoms. The molecule has 2 nitrogen and oxygen atoms in total. The summed E-state index contributed by atoms with van der Waals surface area (Å²) in [6, 6.07) is 4.97. The molecule has 0 saturated heterocycles. The summed E-state index contributed by atoms with van der Waals surface area (Å²) in [5.74, 6) is 1.27. The van der Waals surface area contributed by atoms with E-state index in [4.69, 9.17) is 18.0 Å². The molecule has 0 radical (unpaired) electrons. The van der Waals surface area contributed by atoms with Gasteiger partial charge < -0.3 is 11.1 Å². The van der Waals surface area contributed by atoms with Crippen LogP contribution in [0.4, 0.5) is 10.1 Å². The third-order valence-electron chi connectivity index (χ3n) is 4.37. The molecule has 0 atom stereocenters. The quantitative estimate of drug-likeness (QED) is 0.803. The van der Waals surface area contributed by atoms with E-state index in [2.05, 4.69) is 12.2 Å². The second-order valence-electron chi connectivity index (χ2n) is 5.73. The summed E-state index contributed by atoms with van der Waals surface area (Å²) in [6.45, 7) is 3.19. The molecular formula is C16H23FN2S. The Labute approximate surface area is 125 Å². The van der Waals surface area contributed by atoms with Crippen molar-refractivity contribution in [1.29, 1.82) is 0 Å². The Kier molecular flexibility index (Phi) is 5.35. The Bertz CT molecular complexity index is 468. The van der Waals surface area contributed by atoms with Gasteiger partial charge in [0.25, 0.3) is 0 Å². The highest BCUT2D eigenvalue weighted by Crippen LogP contribution is 2.30. The van der Waals surface area contributed by atoms with Crippen LogP contribution in [0.5, 0.6) is 0 Å². The van der Waals surface area contributed by atoms with Crippen LogP contribution in [0.3, 0.4) is 0 Å².